The van der Waals surface area contributed by atoms with Crippen molar-refractivity contribution in [2.75, 3.05) is 7.05 Å². The van der Waals surface area contributed by atoms with Gasteiger partial charge in [0.2, 0.25) is 0 Å². The highest BCUT2D eigenvalue weighted by atomic mass is 16.7. The van der Waals surface area contributed by atoms with Crippen molar-refractivity contribution in [3.05, 3.63) is 60.4 Å². The largest absolute Gasteiger partial charge is 0.478 e. The highest BCUT2D eigenvalue weighted by Crippen LogP contribution is 2.39. The van der Waals surface area contributed by atoms with E-state index in [2.05, 4.69) is 68.0 Å². The lowest BCUT2D eigenvalue weighted by molar-refractivity contribution is -0.000655. The Kier molecular flexibility index (Phi) is 5.34. The van der Waals surface area contributed by atoms with E-state index < -0.39 is 0 Å². The van der Waals surface area contributed by atoms with Gasteiger partial charge in [-0.25, -0.2) is 10.0 Å². The molecule has 5 nitrogen and oxygen atoms in total. The first kappa shape index (κ1) is 19.9. The SMILES string of the molecule is C=C1/C=N\C(=C)N(Cc2ccccc2)N(C)C(B2OC(C)(C)C(C)(C)O2)C1. The molecule has 144 valence electrons. The molecule has 0 radical (unpaired) electrons. The maximum Gasteiger partial charge on any atom is 0.478 e. The smallest absolute Gasteiger partial charge is 0.402 e. The van der Waals surface area contributed by atoms with Crippen LogP contribution in [0.3, 0.4) is 0 Å². The second-order valence-electron chi connectivity index (χ2n) is 8.35. The second kappa shape index (κ2) is 7.26. The molecular weight excluding hydrogens is 337 g/mol. The Morgan fingerprint density at radius 3 is 2.30 bits per heavy atom. The van der Waals surface area contributed by atoms with Crippen LogP contribution in [0.1, 0.15) is 39.7 Å². The molecule has 0 saturated carbocycles. The molecule has 1 atom stereocenters. The van der Waals surface area contributed by atoms with E-state index in [9.17, 15) is 0 Å². The lowest BCUT2D eigenvalue weighted by Gasteiger charge is -2.40. The Hall–Kier alpha value is -1.89. The van der Waals surface area contributed by atoms with Crippen LogP contribution in [0.25, 0.3) is 0 Å². The third-order valence-corrected chi connectivity index (χ3v) is 5.79. The van der Waals surface area contributed by atoms with Gasteiger partial charge in [0.1, 0.15) is 5.82 Å². The van der Waals surface area contributed by atoms with Crippen molar-refractivity contribution in [1.82, 2.24) is 10.0 Å². The van der Waals surface area contributed by atoms with E-state index in [4.69, 9.17) is 9.31 Å². The summed E-state index contributed by atoms with van der Waals surface area (Å²) in [5.74, 6) is 0.634. The fourth-order valence-corrected chi connectivity index (χ4v) is 3.32. The zero-order valence-electron chi connectivity index (χ0n) is 17.1. The molecule has 27 heavy (non-hydrogen) atoms. The van der Waals surface area contributed by atoms with E-state index in [1.807, 2.05) is 25.2 Å². The fraction of sp³-hybridized carbons (Fsp3) is 0.476. The molecule has 0 N–H and O–H groups in total. The molecule has 0 aliphatic carbocycles. The molecule has 0 amide bonds. The molecule has 2 aliphatic heterocycles. The summed E-state index contributed by atoms with van der Waals surface area (Å²) in [4.78, 5) is 4.49. The van der Waals surface area contributed by atoms with Crippen LogP contribution < -0.4 is 0 Å². The molecule has 1 aromatic carbocycles. The number of nitrogens with zero attached hydrogens (tertiary/aromatic N) is 3. The van der Waals surface area contributed by atoms with Crippen molar-refractivity contribution in [1.29, 1.82) is 0 Å². The monoisotopic (exact) mass is 367 g/mol. The normalized spacial score (nSPS) is 26.8. The molecule has 2 aliphatic rings. The lowest BCUT2D eigenvalue weighted by atomic mass is 9.74. The van der Waals surface area contributed by atoms with E-state index in [1.54, 1.807) is 6.21 Å². The highest BCUT2D eigenvalue weighted by Gasteiger charge is 2.55. The van der Waals surface area contributed by atoms with Gasteiger partial charge >= 0.3 is 7.12 Å². The van der Waals surface area contributed by atoms with Crippen LogP contribution in [0.15, 0.2) is 59.9 Å². The second-order valence-corrected chi connectivity index (χ2v) is 8.35. The third kappa shape index (κ3) is 4.03. The van der Waals surface area contributed by atoms with E-state index in [0.29, 0.717) is 18.8 Å². The Balaban J connectivity index is 1.90. The van der Waals surface area contributed by atoms with E-state index in [1.165, 1.54) is 5.56 Å². The lowest BCUT2D eigenvalue weighted by Crippen LogP contribution is -2.54. The average molecular weight is 367 g/mol. The number of hydrazine groups is 1. The molecule has 6 heteroatoms. The minimum Gasteiger partial charge on any atom is -0.402 e. The third-order valence-electron chi connectivity index (χ3n) is 5.79. The van der Waals surface area contributed by atoms with Gasteiger partial charge in [-0.3, -0.25) is 5.01 Å². The summed E-state index contributed by atoms with van der Waals surface area (Å²) in [5.41, 5.74) is 1.37. The van der Waals surface area contributed by atoms with Crippen LogP contribution in [-0.2, 0) is 15.9 Å². The van der Waals surface area contributed by atoms with Crippen LogP contribution in [0.5, 0.6) is 0 Å². The van der Waals surface area contributed by atoms with Crippen molar-refractivity contribution in [2.24, 2.45) is 4.99 Å². The number of benzene rings is 1. The van der Waals surface area contributed by atoms with Crippen molar-refractivity contribution < 1.29 is 9.31 Å². The molecule has 1 unspecified atom stereocenters. The van der Waals surface area contributed by atoms with Gasteiger partial charge in [-0.1, -0.05) is 43.5 Å². The summed E-state index contributed by atoms with van der Waals surface area (Å²) in [6.45, 7) is 17.3. The number of hydrogen-bond donors (Lipinski definition) is 0. The zero-order valence-corrected chi connectivity index (χ0v) is 17.1. The van der Waals surface area contributed by atoms with Gasteiger partial charge in [-0.05, 0) is 45.3 Å². The molecular formula is C21H30BN3O2. The predicted octanol–water partition coefficient (Wildman–Crippen LogP) is 3.84. The predicted molar refractivity (Wildman–Crippen MR) is 111 cm³/mol. The molecule has 0 aromatic heterocycles. The van der Waals surface area contributed by atoms with Crippen molar-refractivity contribution >= 4 is 13.3 Å². The first-order chi connectivity index (χ1) is 12.6. The molecule has 1 saturated heterocycles. The molecule has 0 spiro atoms. The maximum absolute atomic E-state index is 6.35. The van der Waals surface area contributed by atoms with Gasteiger partial charge in [-0.2, -0.15) is 0 Å². The Bertz CT molecular complexity index is 729. The minimum atomic E-state index is -0.377. The molecule has 0 bridgehead atoms. The number of hydrogen-bond acceptors (Lipinski definition) is 5. The van der Waals surface area contributed by atoms with Crippen molar-refractivity contribution in [3.63, 3.8) is 0 Å². The van der Waals surface area contributed by atoms with Crippen LogP contribution in [-0.4, -0.2) is 47.5 Å². The van der Waals surface area contributed by atoms with Gasteiger partial charge in [0.15, 0.2) is 0 Å². The molecule has 1 fully saturated rings. The Labute approximate surface area is 163 Å². The summed E-state index contributed by atoms with van der Waals surface area (Å²) in [6.07, 6.45) is 2.50. The summed E-state index contributed by atoms with van der Waals surface area (Å²) >= 11 is 0. The Morgan fingerprint density at radius 1 is 1.11 bits per heavy atom. The van der Waals surface area contributed by atoms with Crippen LogP contribution >= 0.6 is 0 Å². The van der Waals surface area contributed by atoms with Crippen LogP contribution in [0.4, 0.5) is 0 Å². The van der Waals surface area contributed by atoms with Crippen molar-refractivity contribution in [3.8, 4) is 0 Å². The van der Waals surface area contributed by atoms with Gasteiger partial charge in [0, 0.05) is 13.3 Å². The van der Waals surface area contributed by atoms with Crippen molar-refractivity contribution in [2.45, 2.75) is 57.8 Å². The molecule has 3 rings (SSSR count). The first-order valence-corrected chi connectivity index (χ1v) is 9.41. The van der Waals surface area contributed by atoms with Gasteiger partial charge < -0.3 is 9.31 Å². The topological polar surface area (TPSA) is 37.3 Å². The zero-order chi connectivity index (χ0) is 19.8. The maximum atomic E-state index is 6.35. The molecule has 1 aromatic rings. The van der Waals surface area contributed by atoms with Crippen LogP contribution in [0.2, 0.25) is 0 Å². The van der Waals surface area contributed by atoms with E-state index in [0.717, 1.165) is 5.57 Å². The fourth-order valence-electron chi connectivity index (χ4n) is 3.32. The quantitative estimate of drug-likeness (QED) is 0.761. The summed E-state index contributed by atoms with van der Waals surface area (Å²) in [7, 11) is 1.67. The van der Waals surface area contributed by atoms with E-state index >= 15 is 0 Å². The van der Waals surface area contributed by atoms with Gasteiger partial charge in [0.25, 0.3) is 0 Å². The van der Waals surface area contributed by atoms with E-state index in [-0.39, 0.29) is 24.3 Å². The summed E-state index contributed by atoms with van der Waals surface area (Å²) in [6, 6.07) is 10.3. The average Bonchev–Trinajstić information content (AvgIpc) is 2.82. The molecule has 2 heterocycles. The van der Waals surface area contributed by atoms with Gasteiger partial charge in [0.05, 0.1) is 23.7 Å². The minimum absolute atomic E-state index is 0.0363. The number of rotatable bonds is 3. The highest BCUT2D eigenvalue weighted by molar-refractivity contribution is 6.47. The Morgan fingerprint density at radius 2 is 1.70 bits per heavy atom. The van der Waals surface area contributed by atoms with Gasteiger partial charge in [-0.15, -0.1) is 0 Å². The standard InChI is InChI=1S/C21H30BN3O2/c1-16-13-19(22-26-20(3,4)21(5,6)27-22)24(7)25(17(2)23-14-16)15-18-11-9-8-10-12-18/h8-12,14,19H,1-2,13,15H2,3-7H3/b23-14-. The number of aliphatic imine (C=N–C) groups is 1. The summed E-state index contributed by atoms with van der Waals surface area (Å²) < 4.78 is 12.7. The summed E-state index contributed by atoms with van der Waals surface area (Å²) in [5, 5.41) is 4.22. The first-order valence-electron chi connectivity index (χ1n) is 9.41. The van der Waals surface area contributed by atoms with Crippen LogP contribution in [0, 0.1) is 0 Å².